The van der Waals surface area contributed by atoms with E-state index in [1.54, 1.807) is 0 Å². The number of anilines is 1. The third-order valence-corrected chi connectivity index (χ3v) is 2.86. The van der Waals surface area contributed by atoms with Crippen LogP contribution in [0, 0.1) is 0 Å². The van der Waals surface area contributed by atoms with Gasteiger partial charge < -0.3 is 15.2 Å². The molecule has 18 heavy (non-hydrogen) atoms. The number of methoxy groups -OCH3 is 1. The van der Waals surface area contributed by atoms with Crippen LogP contribution >= 0.6 is 10.7 Å². The van der Waals surface area contributed by atoms with Crippen LogP contribution in [-0.4, -0.2) is 26.9 Å². The van der Waals surface area contributed by atoms with Crippen LogP contribution in [0.5, 0.6) is 11.5 Å². The predicted octanol–water partition coefficient (Wildman–Crippen LogP) is 1.50. The van der Waals surface area contributed by atoms with Gasteiger partial charge in [0.05, 0.1) is 13.3 Å². The quantitative estimate of drug-likeness (QED) is 0.851. The summed E-state index contributed by atoms with van der Waals surface area (Å²) in [5.74, 6) is -1.50. The van der Waals surface area contributed by atoms with E-state index in [9.17, 15) is 21.6 Å². The molecule has 1 aromatic heterocycles. The van der Waals surface area contributed by atoms with Crippen molar-refractivity contribution in [3.8, 4) is 11.5 Å². The van der Waals surface area contributed by atoms with Gasteiger partial charge in [0.1, 0.15) is 5.69 Å². The van der Waals surface area contributed by atoms with Gasteiger partial charge in [-0.25, -0.2) is 13.4 Å². The number of pyridine rings is 1. The first kappa shape index (κ1) is 14.6. The number of nitrogen functional groups attached to an aromatic ring is 1. The van der Waals surface area contributed by atoms with E-state index >= 15 is 0 Å². The molecular weight excluding hydrogens is 301 g/mol. The van der Waals surface area contributed by atoms with Gasteiger partial charge in [0.25, 0.3) is 9.05 Å². The second-order valence-corrected chi connectivity index (χ2v) is 5.34. The van der Waals surface area contributed by atoms with E-state index in [1.807, 2.05) is 0 Å². The fraction of sp³-hybridized carbons (Fsp3) is 0.286. The highest BCUT2D eigenvalue weighted by Crippen LogP contribution is 2.38. The van der Waals surface area contributed by atoms with Crippen LogP contribution in [0.25, 0.3) is 0 Å². The number of halogens is 4. The zero-order valence-electron chi connectivity index (χ0n) is 8.66. The minimum absolute atomic E-state index is 0.487. The molecule has 2 N–H and O–H groups in total. The van der Waals surface area contributed by atoms with E-state index in [1.165, 1.54) is 0 Å². The van der Waals surface area contributed by atoms with Gasteiger partial charge in [0.2, 0.25) is 5.03 Å². The van der Waals surface area contributed by atoms with Crippen molar-refractivity contribution >= 4 is 25.4 Å². The van der Waals surface area contributed by atoms with Gasteiger partial charge in [-0.15, -0.1) is 13.2 Å². The van der Waals surface area contributed by atoms with Gasteiger partial charge in [-0.05, 0) is 0 Å². The summed E-state index contributed by atoms with van der Waals surface area (Å²) in [6.07, 6.45) is -4.51. The number of hydrogen-bond acceptors (Lipinski definition) is 6. The molecule has 6 nitrogen and oxygen atoms in total. The lowest BCUT2D eigenvalue weighted by atomic mass is 10.3. The first-order chi connectivity index (χ1) is 8.06. The Kier molecular flexibility index (Phi) is 3.81. The number of alkyl halides is 3. The number of nitrogens with zero attached hydrogens (tertiary/aromatic N) is 1. The van der Waals surface area contributed by atoms with Crippen LogP contribution in [0.15, 0.2) is 11.2 Å². The third kappa shape index (κ3) is 3.29. The first-order valence-electron chi connectivity index (χ1n) is 4.09. The molecule has 1 heterocycles. The standard InChI is InChI=1S/C7H6ClF3N2O4S/c1-16-5-4(12)3(17-7(9,10)11)2-13-6(5)18(8,14)15/h2H,1H3,(H2,12,13). The molecule has 0 aliphatic carbocycles. The number of hydrogen-bond donors (Lipinski definition) is 1. The van der Waals surface area contributed by atoms with Crippen LogP contribution in [0.2, 0.25) is 0 Å². The Morgan fingerprint density at radius 2 is 2.00 bits per heavy atom. The van der Waals surface area contributed by atoms with Crippen LogP contribution in [0.1, 0.15) is 0 Å². The highest BCUT2D eigenvalue weighted by molar-refractivity contribution is 8.13. The van der Waals surface area contributed by atoms with Crippen molar-refractivity contribution in [1.29, 1.82) is 0 Å². The second-order valence-electron chi connectivity index (χ2n) is 2.86. The molecule has 0 saturated carbocycles. The van der Waals surface area contributed by atoms with Crippen molar-refractivity contribution in [3.63, 3.8) is 0 Å². The molecule has 11 heteroatoms. The number of ether oxygens (including phenoxy) is 2. The summed E-state index contributed by atoms with van der Waals surface area (Å²) < 4.78 is 66.2. The average molecular weight is 307 g/mol. The SMILES string of the molecule is COc1c(S(=O)(=O)Cl)ncc(OC(F)(F)F)c1N. The Morgan fingerprint density at radius 3 is 2.39 bits per heavy atom. The summed E-state index contributed by atoms with van der Waals surface area (Å²) in [4.78, 5) is 3.22. The zero-order valence-corrected chi connectivity index (χ0v) is 10.2. The van der Waals surface area contributed by atoms with E-state index < -0.39 is 37.6 Å². The Bertz CT molecular complexity index is 561. The molecule has 0 saturated heterocycles. The molecule has 0 aliphatic heterocycles. The fourth-order valence-corrected chi connectivity index (χ4v) is 1.97. The van der Waals surface area contributed by atoms with Crippen LogP contribution in [0.4, 0.5) is 18.9 Å². The highest BCUT2D eigenvalue weighted by Gasteiger charge is 2.34. The van der Waals surface area contributed by atoms with E-state index in [-0.39, 0.29) is 0 Å². The number of rotatable bonds is 3. The van der Waals surface area contributed by atoms with Gasteiger partial charge in [-0.3, -0.25) is 0 Å². The Labute approximate surface area is 104 Å². The molecular formula is C7H6ClF3N2O4S. The molecule has 0 radical (unpaired) electrons. The fourth-order valence-electron chi connectivity index (χ4n) is 1.05. The lowest BCUT2D eigenvalue weighted by Crippen LogP contribution is -2.19. The summed E-state index contributed by atoms with van der Waals surface area (Å²) in [6.45, 7) is 0. The lowest BCUT2D eigenvalue weighted by Gasteiger charge is -2.14. The van der Waals surface area contributed by atoms with Gasteiger partial charge in [0.15, 0.2) is 11.5 Å². The highest BCUT2D eigenvalue weighted by atomic mass is 35.7. The maximum Gasteiger partial charge on any atom is 0.573 e. The maximum absolute atomic E-state index is 12.0. The first-order valence-corrected chi connectivity index (χ1v) is 6.40. The largest absolute Gasteiger partial charge is 0.573 e. The molecule has 0 amide bonds. The molecule has 0 bridgehead atoms. The molecule has 1 aromatic rings. The van der Waals surface area contributed by atoms with Crippen LogP contribution in [-0.2, 0) is 9.05 Å². The third-order valence-electron chi connectivity index (χ3n) is 1.66. The molecule has 0 unspecified atom stereocenters. The molecule has 0 atom stereocenters. The number of aromatic nitrogens is 1. The van der Waals surface area contributed by atoms with Crippen molar-refractivity contribution in [2.45, 2.75) is 11.4 Å². The average Bonchev–Trinajstić information content (AvgIpc) is 2.17. The summed E-state index contributed by atoms with van der Waals surface area (Å²) in [5.41, 5.74) is 4.61. The smallest absolute Gasteiger partial charge is 0.491 e. The molecule has 1 rings (SSSR count). The molecule has 0 aliphatic rings. The lowest BCUT2D eigenvalue weighted by molar-refractivity contribution is -0.274. The van der Waals surface area contributed by atoms with Crippen molar-refractivity contribution in [2.75, 3.05) is 12.8 Å². The van der Waals surface area contributed by atoms with E-state index in [4.69, 9.17) is 16.4 Å². The van der Waals surface area contributed by atoms with Crippen LogP contribution < -0.4 is 15.2 Å². The Balaban J connectivity index is 3.39. The monoisotopic (exact) mass is 306 g/mol. The van der Waals surface area contributed by atoms with Gasteiger partial charge >= 0.3 is 6.36 Å². The van der Waals surface area contributed by atoms with E-state index in [2.05, 4.69) is 14.5 Å². The summed E-state index contributed by atoms with van der Waals surface area (Å²) in [5, 5.41) is -0.793. The van der Waals surface area contributed by atoms with E-state index in [0.717, 1.165) is 7.11 Å². The summed E-state index contributed by atoms with van der Waals surface area (Å²) in [6, 6.07) is 0. The summed E-state index contributed by atoms with van der Waals surface area (Å²) in [7, 11) is 1.70. The number of nitrogens with two attached hydrogens (primary N) is 1. The van der Waals surface area contributed by atoms with Crippen molar-refractivity contribution < 1.29 is 31.1 Å². The predicted molar refractivity (Wildman–Crippen MR) is 54.9 cm³/mol. The van der Waals surface area contributed by atoms with Crippen molar-refractivity contribution in [2.24, 2.45) is 0 Å². The van der Waals surface area contributed by atoms with Crippen LogP contribution in [0.3, 0.4) is 0 Å². The van der Waals surface area contributed by atoms with Crippen molar-refractivity contribution in [1.82, 2.24) is 4.98 Å². The topological polar surface area (TPSA) is 91.5 Å². The van der Waals surface area contributed by atoms with Gasteiger partial charge in [-0.2, -0.15) is 0 Å². The second kappa shape index (κ2) is 4.69. The molecule has 0 fully saturated rings. The normalized spacial score (nSPS) is 12.3. The van der Waals surface area contributed by atoms with Gasteiger partial charge in [0, 0.05) is 10.7 Å². The zero-order chi connectivity index (χ0) is 14.1. The molecule has 0 spiro atoms. The minimum atomic E-state index is -5.00. The minimum Gasteiger partial charge on any atom is -0.491 e. The van der Waals surface area contributed by atoms with E-state index in [0.29, 0.717) is 6.20 Å². The van der Waals surface area contributed by atoms with Gasteiger partial charge in [-0.1, -0.05) is 0 Å². The van der Waals surface area contributed by atoms with Crippen molar-refractivity contribution in [3.05, 3.63) is 6.20 Å². The molecule has 0 aromatic carbocycles. The maximum atomic E-state index is 12.0. The Morgan fingerprint density at radius 1 is 1.44 bits per heavy atom. The Hall–Kier alpha value is -1.42. The summed E-state index contributed by atoms with van der Waals surface area (Å²) >= 11 is 0. The molecule has 102 valence electrons.